The maximum absolute atomic E-state index is 11.8. The second-order valence-corrected chi connectivity index (χ2v) is 4.41. The number of benzene rings is 1. The third kappa shape index (κ3) is 5.30. The maximum Gasteiger partial charge on any atom is 0.251 e. The van der Waals surface area contributed by atoms with Crippen LogP contribution in [0.3, 0.4) is 0 Å². The number of aliphatic imine (C=N–C) groups is 1. The van der Waals surface area contributed by atoms with Crippen LogP contribution in [-0.4, -0.2) is 32.0 Å². The fourth-order valence-electron chi connectivity index (χ4n) is 1.73. The van der Waals surface area contributed by atoms with Gasteiger partial charge in [0.25, 0.3) is 5.91 Å². The van der Waals surface area contributed by atoms with Gasteiger partial charge >= 0.3 is 0 Å². The molecule has 0 heterocycles. The summed E-state index contributed by atoms with van der Waals surface area (Å²) in [6.45, 7) is 6.17. The number of hydrogen-bond donors (Lipinski definition) is 3. The van der Waals surface area contributed by atoms with Crippen LogP contribution in [0.25, 0.3) is 0 Å². The van der Waals surface area contributed by atoms with Crippen molar-refractivity contribution >= 4 is 11.9 Å². The van der Waals surface area contributed by atoms with Gasteiger partial charge in [0.05, 0.1) is 0 Å². The van der Waals surface area contributed by atoms with Crippen LogP contribution in [0.15, 0.2) is 29.3 Å². The molecule has 110 valence electrons. The standard InChI is InChI=1S/C15H24N4O/c1-4-9-18-15(16-3)19-11-12-7-6-8-13(10-12)14(20)17-5-2/h6-8,10H,4-5,9,11H2,1-3H3,(H,17,20)(H2,16,18,19). The molecule has 0 saturated carbocycles. The maximum atomic E-state index is 11.8. The number of nitrogens with zero attached hydrogens (tertiary/aromatic N) is 1. The summed E-state index contributed by atoms with van der Waals surface area (Å²) in [7, 11) is 1.75. The Bertz CT molecular complexity index is 457. The Labute approximate surface area is 120 Å². The van der Waals surface area contributed by atoms with Crippen LogP contribution in [-0.2, 0) is 6.54 Å². The van der Waals surface area contributed by atoms with Gasteiger partial charge in [0.15, 0.2) is 5.96 Å². The molecular formula is C15H24N4O. The Hall–Kier alpha value is -2.04. The normalized spacial score (nSPS) is 11.1. The zero-order valence-corrected chi connectivity index (χ0v) is 12.5. The largest absolute Gasteiger partial charge is 0.356 e. The average molecular weight is 276 g/mol. The Morgan fingerprint density at radius 1 is 1.20 bits per heavy atom. The lowest BCUT2D eigenvalue weighted by Gasteiger charge is -2.11. The first-order valence-electron chi connectivity index (χ1n) is 7.02. The van der Waals surface area contributed by atoms with E-state index in [2.05, 4.69) is 27.9 Å². The average Bonchev–Trinajstić information content (AvgIpc) is 2.48. The monoisotopic (exact) mass is 276 g/mol. The molecular weight excluding hydrogens is 252 g/mol. The summed E-state index contributed by atoms with van der Waals surface area (Å²) in [6.07, 6.45) is 1.05. The summed E-state index contributed by atoms with van der Waals surface area (Å²) >= 11 is 0. The van der Waals surface area contributed by atoms with Crippen molar-refractivity contribution in [3.8, 4) is 0 Å². The number of carbonyl (C=O) groups excluding carboxylic acids is 1. The lowest BCUT2D eigenvalue weighted by atomic mass is 10.1. The molecule has 0 radical (unpaired) electrons. The third-order valence-electron chi connectivity index (χ3n) is 2.75. The number of hydrogen-bond acceptors (Lipinski definition) is 2. The molecule has 0 aliphatic carbocycles. The second kappa shape index (κ2) is 8.96. The molecule has 1 amide bonds. The van der Waals surface area contributed by atoms with Gasteiger partial charge in [0.1, 0.15) is 0 Å². The molecule has 20 heavy (non-hydrogen) atoms. The van der Waals surface area contributed by atoms with Crippen molar-refractivity contribution in [3.05, 3.63) is 35.4 Å². The topological polar surface area (TPSA) is 65.5 Å². The molecule has 0 unspecified atom stereocenters. The predicted octanol–water partition coefficient (Wildman–Crippen LogP) is 1.51. The second-order valence-electron chi connectivity index (χ2n) is 4.41. The van der Waals surface area contributed by atoms with E-state index in [1.54, 1.807) is 7.05 Å². The van der Waals surface area contributed by atoms with Gasteiger partial charge in [-0.3, -0.25) is 9.79 Å². The van der Waals surface area contributed by atoms with Crippen molar-refractivity contribution < 1.29 is 4.79 Å². The van der Waals surface area contributed by atoms with Crippen LogP contribution in [0.4, 0.5) is 0 Å². The molecule has 0 atom stereocenters. The van der Waals surface area contributed by atoms with E-state index in [4.69, 9.17) is 0 Å². The van der Waals surface area contributed by atoms with E-state index in [1.165, 1.54) is 0 Å². The first-order valence-corrected chi connectivity index (χ1v) is 7.02. The zero-order chi connectivity index (χ0) is 14.8. The third-order valence-corrected chi connectivity index (χ3v) is 2.75. The van der Waals surface area contributed by atoms with Crippen LogP contribution < -0.4 is 16.0 Å². The van der Waals surface area contributed by atoms with E-state index in [1.807, 2.05) is 31.2 Å². The molecule has 0 fully saturated rings. The summed E-state index contributed by atoms with van der Waals surface area (Å²) in [4.78, 5) is 15.9. The van der Waals surface area contributed by atoms with Crippen LogP contribution in [0.1, 0.15) is 36.2 Å². The Morgan fingerprint density at radius 2 is 2.00 bits per heavy atom. The minimum Gasteiger partial charge on any atom is -0.356 e. The van der Waals surface area contributed by atoms with Crippen LogP contribution in [0, 0.1) is 0 Å². The molecule has 0 aliphatic rings. The van der Waals surface area contributed by atoms with Gasteiger partial charge in [-0.1, -0.05) is 19.1 Å². The van der Waals surface area contributed by atoms with Gasteiger partial charge in [0.2, 0.25) is 0 Å². The number of carbonyl (C=O) groups is 1. The summed E-state index contributed by atoms with van der Waals surface area (Å²) in [5.74, 6) is 0.734. The molecule has 0 aromatic heterocycles. The first-order chi connectivity index (χ1) is 9.71. The molecule has 1 aromatic carbocycles. The minimum absolute atomic E-state index is 0.0390. The van der Waals surface area contributed by atoms with Gasteiger partial charge in [-0.2, -0.15) is 0 Å². The van der Waals surface area contributed by atoms with Gasteiger partial charge in [0, 0.05) is 32.2 Å². The fraction of sp³-hybridized carbons (Fsp3) is 0.467. The highest BCUT2D eigenvalue weighted by Gasteiger charge is 2.05. The summed E-state index contributed by atoms with van der Waals surface area (Å²) in [6, 6.07) is 7.59. The van der Waals surface area contributed by atoms with E-state index in [0.29, 0.717) is 18.7 Å². The van der Waals surface area contributed by atoms with Crippen LogP contribution >= 0.6 is 0 Å². The predicted molar refractivity (Wildman–Crippen MR) is 82.9 cm³/mol. The molecule has 0 spiro atoms. The molecule has 0 aliphatic heterocycles. The Morgan fingerprint density at radius 3 is 2.65 bits per heavy atom. The highest BCUT2D eigenvalue weighted by atomic mass is 16.1. The number of amides is 1. The summed E-state index contributed by atoms with van der Waals surface area (Å²) in [5.41, 5.74) is 1.73. The summed E-state index contributed by atoms with van der Waals surface area (Å²) < 4.78 is 0. The molecule has 0 bridgehead atoms. The molecule has 3 N–H and O–H groups in total. The van der Waals surface area contributed by atoms with Crippen molar-refractivity contribution in [1.82, 2.24) is 16.0 Å². The quantitative estimate of drug-likeness (QED) is 0.545. The zero-order valence-electron chi connectivity index (χ0n) is 12.5. The number of nitrogens with one attached hydrogen (secondary N) is 3. The van der Waals surface area contributed by atoms with Gasteiger partial charge in [-0.15, -0.1) is 0 Å². The molecule has 1 aromatic rings. The fourth-order valence-corrected chi connectivity index (χ4v) is 1.73. The molecule has 0 saturated heterocycles. The van der Waals surface area contributed by atoms with Gasteiger partial charge in [-0.25, -0.2) is 0 Å². The van der Waals surface area contributed by atoms with E-state index in [-0.39, 0.29) is 5.91 Å². The molecule has 5 heteroatoms. The van der Waals surface area contributed by atoms with Crippen LogP contribution in [0.2, 0.25) is 0 Å². The van der Waals surface area contributed by atoms with E-state index >= 15 is 0 Å². The Kier molecular flexibility index (Phi) is 7.17. The van der Waals surface area contributed by atoms with Crippen LogP contribution in [0.5, 0.6) is 0 Å². The lowest BCUT2D eigenvalue weighted by molar-refractivity contribution is 0.0955. The minimum atomic E-state index is -0.0390. The highest BCUT2D eigenvalue weighted by molar-refractivity contribution is 5.94. The van der Waals surface area contributed by atoms with E-state index < -0.39 is 0 Å². The van der Waals surface area contributed by atoms with E-state index in [0.717, 1.165) is 24.5 Å². The number of rotatable bonds is 6. The highest BCUT2D eigenvalue weighted by Crippen LogP contribution is 2.05. The smallest absolute Gasteiger partial charge is 0.251 e. The van der Waals surface area contributed by atoms with Crippen molar-refractivity contribution in [2.45, 2.75) is 26.8 Å². The van der Waals surface area contributed by atoms with E-state index in [9.17, 15) is 4.79 Å². The molecule has 5 nitrogen and oxygen atoms in total. The molecule has 1 rings (SSSR count). The van der Waals surface area contributed by atoms with Crippen molar-refractivity contribution in [3.63, 3.8) is 0 Å². The SMILES string of the molecule is CCCNC(=NC)NCc1cccc(C(=O)NCC)c1. The Balaban J connectivity index is 2.60. The van der Waals surface area contributed by atoms with Gasteiger partial charge < -0.3 is 16.0 Å². The lowest BCUT2D eigenvalue weighted by Crippen LogP contribution is -2.37. The van der Waals surface area contributed by atoms with Crippen molar-refractivity contribution in [2.75, 3.05) is 20.1 Å². The summed E-state index contributed by atoms with van der Waals surface area (Å²) in [5, 5.41) is 9.23. The van der Waals surface area contributed by atoms with Crippen molar-refractivity contribution in [2.24, 2.45) is 4.99 Å². The number of guanidine groups is 1. The first kappa shape index (κ1) is 16.0. The van der Waals surface area contributed by atoms with Crippen molar-refractivity contribution in [1.29, 1.82) is 0 Å². The van der Waals surface area contributed by atoms with Gasteiger partial charge in [-0.05, 0) is 31.0 Å².